The van der Waals surface area contributed by atoms with E-state index in [0.717, 1.165) is 0 Å². The van der Waals surface area contributed by atoms with Gasteiger partial charge in [-0.15, -0.1) is 0 Å². The third kappa shape index (κ3) is 2.64. The summed E-state index contributed by atoms with van der Waals surface area (Å²) in [6.07, 6.45) is -5.98. The first-order chi connectivity index (χ1) is 8.99. The second kappa shape index (κ2) is 5.54. The van der Waals surface area contributed by atoms with Crippen molar-refractivity contribution in [2.24, 2.45) is 0 Å². The molecule has 1 aliphatic rings. The van der Waals surface area contributed by atoms with Crippen molar-refractivity contribution in [2.75, 3.05) is 6.61 Å². The van der Waals surface area contributed by atoms with Crippen molar-refractivity contribution in [3.05, 3.63) is 35.9 Å². The third-order valence-electron chi connectivity index (χ3n) is 3.46. The van der Waals surface area contributed by atoms with Crippen molar-refractivity contribution < 1.29 is 30.3 Å². The fraction of sp³-hybridized carbons (Fsp3) is 0.538. The second-order valence-electron chi connectivity index (χ2n) is 4.80. The first-order valence-corrected chi connectivity index (χ1v) is 6.06. The monoisotopic (exact) mass is 270 g/mol. The van der Waals surface area contributed by atoms with E-state index in [9.17, 15) is 20.4 Å². The average Bonchev–Trinajstić information content (AvgIpc) is 2.42. The van der Waals surface area contributed by atoms with Gasteiger partial charge < -0.3 is 30.3 Å². The number of ether oxygens (including phenoxy) is 1. The Kier molecular flexibility index (Phi) is 4.19. The zero-order chi connectivity index (χ0) is 14.0. The maximum Gasteiger partial charge on any atom is 0.187 e. The molecule has 1 aromatic rings. The van der Waals surface area contributed by atoms with E-state index in [4.69, 9.17) is 9.84 Å². The molecule has 0 spiro atoms. The number of benzene rings is 1. The van der Waals surface area contributed by atoms with Gasteiger partial charge in [-0.1, -0.05) is 30.3 Å². The molecule has 106 valence electrons. The van der Waals surface area contributed by atoms with Gasteiger partial charge in [0.1, 0.15) is 23.9 Å². The number of rotatable bonds is 3. The van der Waals surface area contributed by atoms with Gasteiger partial charge in [-0.05, 0) is 5.56 Å². The van der Waals surface area contributed by atoms with Crippen molar-refractivity contribution in [3.8, 4) is 0 Å². The SMILES string of the molecule is OC[C@H]1O[C@H](O)[C@](O)(Cc2ccccc2)[C@@H](O)[C@@H]1O. The van der Waals surface area contributed by atoms with Gasteiger partial charge in [-0.25, -0.2) is 0 Å². The van der Waals surface area contributed by atoms with Crippen molar-refractivity contribution in [1.29, 1.82) is 0 Å². The van der Waals surface area contributed by atoms with Gasteiger partial charge in [0, 0.05) is 6.42 Å². The Morgan fingerprint density at radius 2 is 1.74 bits per heavy atom. The minimum atomic E-state index is -2.02. The molecule has 5 atom stereocenters. The molecule has 0 radical (unpaired) electrons. The van der Waals surface area contributed by atoms with Crippen LogP contribution in [0.5, 0.6) is 0 Å². The van der Waals surface area contributed by atoms with Crippen molar-refractivity contribution in [2.45, 2.75) is 36.6 Å². The molecule has 0 amide bonds. The summed E-state index contributed by atoms with van der Waals surface area (Å²) in [6, 6.07) is 8.76. The summed E-state index contributed by atoms with van der Waals surface area (Å²) in [5, 5.41) is 48.9. The molecule has 0 aliphatic carbocycles. The van der Waals surface area contributed by atoms with Crippen LogP contribution in [0.3, 0.4) is 0 Å². The highest BCUT2D eigenvalue weighted by Crippen LogP contribution is 2.31. The van der Waals surface area contributed by atoms with Crippen molar-refractivity contribution >= 4 is 0 Å². The Labute approximate surface area is 110 Å². The predicted octanol–water partition coefficient (Wildman–Crippen LogP) is -1.61. The molecule has 1 heterocycles. The standard InChI is InChI=1S/C13H18O6/c14-7-9-10(15)11(16)13(18,12(17)19-9)6-8-4-2-1-3-5-8/h1-5,9-12,14-18H,6-7H2/t9-,10-,11+,12+,13+/m1/s1. The zero-order valence-corrected chi connectivity index (χ0v) is 10.3. The molecule has 1 aromatic carbocycles. The highest BCUT2D eigenvalue weighted by Gasteiger charge is 2.53. The quantitative estimate of drug-likeness (QED) is 0.452. The van der Waals surface area contributed by atoms with Crippen LogP contribution in [0.2, 0.25) is 0 Å². The molecule has 0 bridgehead atoms. The van der Waals surface area contributed by atoms with Crippen LogP contribution in [-0.4, -0.2) is 62.3 Å². The first-order valence-electron chi connectivity index (χ1n) is 6.06. The number of hydrogen-bond acceptors (Lipinski definition) is 6. The lowest BCUT2D eigenvalue weighted by molar-refractivity contribution is -0.328. The van der Waals surface area contributed by atoms with Gasteiger partial charge in [-0.3, -0.25) is 0 Å². The fourth-order valence-corrected chi connectivity index (χ4v) is 2.27. The van der Waals surface area contributed by atoms with E-state index >= 15 is 0 Å². The molecule has 6 nitrogen and oxygen atoms in total. The lowest BCUT2D eigenvalue weighted by atomic mass is 9.82. The third-order valence-corrected chi connectivity index (χ3v) is 3.46. The fourth-order valence-electron chi connectivity index (χ4n) is 2.27. The van der Waals surface area contributed by atoms with E-state index in [1.807, 2.05) is 0 Å². The Morgan fingerprint density at radius 3 is 2.32 bits per heavy atom. The minimum Gasteiger partial charge on any atom is -0.394 e. The number of aliphatic hydroxyl groups is 5. The highest BCUT2D eigenvalue weighted by atomic mass is 16.6. The van der Waals surface area contributed by atoms with E-state index < -0.39 is 36.8 Å². The van der Waals surface area contributed by atoms with Crippen molar-refractivity contribution in [1.82, 2.24) is 0 Å². The van der Waals surface area contributed by atoms with E-state index in [1.165, 1.54) is 0 Å². The van der Waals surface area contributed by atoms with Gasteiger partial charge in [0.05, 0.1) is 6.61 Å². The molecular weight excluding hydrogens is 252 g/mol. The Hall–Kier alpha value is -1.02. The maximum absolute atomic E-state index is 10.4. The maximum atomic E-state index is 10.4. The van der Waals surface area contributed by atoms with Gasteiger partial charge >= 0.3 is 0 Å². The van der Waals surface area contributed by atoms with Crippen LogP contribution in [0, 0.1) is 0 Å². The van der Waals surface area contributed by atoms with E-state index in [-0.39, 0.29) is 6.42 Å². The Bertz CT molecular complexity index is 411. The number of aliphatic hydroxyl groups excluding tert-OH is 4. The molecule has 1 saturated heterocycles. The molecule has 0 saturated carbocycles. The summed E-state index contributed by atoms with van der Waals surface area (Å²) < 4.78 is 4.95. The molecule has 19 heavy (non-hydrogen) atoms. The Morgan fingerprint density at radius 1 is 1.11 bits per heavy atom. The van der Waals surface area contributed by atoms with E-state index in [2.05, 4.69) is 0 Å². The summed E-state index contributed by atoms with van der Waals surface area (Å²) >= 11 is 0. The van der Waals surface area contributed by atoms with E-state index in [1.54, 1.807) is 30.3 Å². The van der Waals surface area contributed by atoms with Gasteiger partial charge in [0.2, 0.25) is 0 Å². The van der Waals surface area contributed by atoms with Gasteiger partial charge in [0.25, 0.3) is 0 Å². The smallest absolute Gasteiger partial charge is 0.187 e. The second-order valence-corrected chi connectivity index (χ2v) is 4.80. The van der Waals surface area contributed by atoms with Crippen LogP contribution < -0.4 is 0 Å². The highest BCUT2D eigenvalue weighted by molar-refractivity contribution is 5.19. The van der Waals surface area contributed by atoms with Crippen LogP contribution in [0.4, 0.5) is 0 Å². The van der Waals surface area contributed by atoms with Crippen LogP contribution in [0.15, 0.2) is 30.3 Å². The summed E-state index contributed by atoms with van der Waals surface area (Å²) in [5.41, 5.74) is -1.34. The van der Waals surface area contributed by atoms with E-state index in [0.29, 0.717) is 5.56 Å². The van der Waals surface area contributed by atoms with Crippen molar-refractivity contribution in [3.63, 3.8) is 0 Å². The van der Waals surface area contributed by atoms with Crippen LogP contribution in [-0.2, 0) is 11.2 Å². The molecular formula is C13H18O6. The van der Waals surface area contributed by atoms with Gasteiger partial charge in [-0.2, -0.15) is 0 Å². The summed E-state index contributed by atoms with van der Waals surface area (Å²) in [5.74, 6) is 0. The van der Waals surface area contributed by atoms with Gasteiger partial charge in [0.15, 0.2) is 6.29 Å². The van der Waals surface area contributed by atoms with Crippen LogP contribution in [0.1, 0.15) is 5.56 Å². The largest absolute Gasteiger partial charge is 0.394 e. The number of hydrogen-bond donors (Lipinski definition) is 5. The lowest BCUT2D eigenvalue weighted by Crippen LogP contribution is -2.67. The molecule has 5 N–H and O–H groups in total. The van der Waals surface area contributed by atoms with Crippen LogP contribution >= 0.6 is 0 Å². The predicted molar refractivity (Wildman–Crippen MR) is 65.1 cm³/mol. The zero-order valence-electron chi connectivity index (χ0n) is 10.3. The molecule has 1 fully saturated rings. The summed E-state index contributed by atoms with van der Waals surface area (Å²) in [7, 11) is 0. The normalized spacial score (nSPS) is 39.2. The molecule has 0 unspecified atom stereocenters. The topological polar surface area (TPSA) is 110 Å². The first kappa shape index (κ1) is 14.4. The molecule has 6 heteroatoms. The molecule has 2 rings (SSSR count). The average molecular weight is 270 g/mol. The molecule has 0 aromatic heterocycles. The minimum absolute atomic E-state index is 0.0780. The molecule has 1 aliphatic heterocycles. The Balaban J connectivity index is 2.21. The van der Waals surface area contributed by atoms with Crippen LogP contribution in [0.25, 0.3) is 0 Å². The summed E-state index contributed by atoms with van der Waals surface area (Å²) in [6.45, 7) is -0.559. The lowest BCUT2D eigenvalue weighted by Gasteiger charge is -2.46. The summed E-state index contributed by atoms with van der Waals surface area (Å²) in [4.78, 5) is 0.